The van der Waals surface area contributed by atoms with Gasteiger partial charge >= 0.3 is 12.0 Å². The zero-order valence-electron chi connectivity index (χ0n) is 11.7. The zero-order valence-corrected chi connectivity index (χ0v) is 11.7. The smallest absolute Gasteiger partial charge is 0.326 e. The highest BCUT2D eigenvalue weighted by atomic mass is 16.5. The fourth-order valence-electron chi connectivity index (χ4n) is 2.39. The third kappa shape index (κ3) is 3.43. The average molecular weight is 294 g/mol. The number of aliphatic carboxylic acids is 1. The van der Waals surface area contributed by atoms with Gasteiger partial charge in [-0.05, 0) is 6.07 Å². The average Bonchev–Trinajstić information content (AvgIpc) is 2.87. The lowest BCUT2D eigenvalue weighted by Crippen LogP contribution is -2.45. The fourth-order valence-corrected chi connectivity index (χ4v) is 2.39. The van der Waals surface area contributed by atoms with Crippen LogP contribution in [0.2, 0.25) is 0 Å². The van der Waals surface area contributed by atoms with E-state index in [1.54, 1.807) is 6.07 Å². The first-order valence-electron chi connectivity index (χ1n) is 6.60. The number of carbonyl (C=O) groups is 2. The number of methoxy groups -OCH3 is 1. The van der Waals surface area contributed by atoms with Gasteiger partial charge in [-0.3, -0.25) is 0 Å². The van der Waals surface area contributed by atoms with E-state index in [-0.39, 0.29) is 19.5 Å². The van der Waals surface area contributed by atoms with Crippen LogP contribution in [0.15, 0.2) is 24.3 Å². The number of ether oxygens (including phenoxy) is 1. The molecule has 114 valence electrons. The number of aliphatic hydroxyl groups is 1. The molecule has 7 nitrogen and oxygen atoms in total. The van der Waals surface area contributed by atoms with Crippen molar-refractivity contribution in [1.82, 2.24) is 10.2 Å². The number of hydrogen-bond acceptors (Lipinski definition) is 4. The maximum absolute atomic E-state index is 12.1. The second kappa shape index (κ2) is 6.45. The number of carboxylic acid groups (broad SMARTS) is 1. The number of benzene rings is 1. The van der Waals surface area contributed by atoms with Crippen molar-refractivity contribution in [3.63, 3.8) is 0 Å². The standard InChI is InChI=1S/C14H18N2O5/c1-21-12-5-3-2-4-9(12)7-15-14(20)16-8-10(17)6-11(16)13(18)19/h2-5,10-11,17H,6-8H2,1H3,(H,15,20)(H,18,19)/t10-,11-/m1/s1. The Labute approximate surface area is 122 Å². The Morgan fingerprint density at radius 3 is 2.81 bits per heavy atom. The Balaban J connectivity index is 2.00. The predicted molar refractivity (Wildman–Crippen MR) is 74.0 cm³/mol. The number of β-amino-alcohol motifs (C(OH)–C–C–N with tert-alkyl or cyclic N) is 1. The van der Waals surface area contributed by atoms with Gasteiger partial charge < -0.3 is 25.2 Å². The van der Waals surface area contributed by atoms with Crippen molar-refractivity contribution in [3.8, 4) is 5.75 Å². The topological polar surface area (TPSA) is 99.1 Å². The lowest BCUT2D eigenvalue weighted by molar-refractivity contribution is -0.141. The third-order valence-corrected chi connectivity index (χ3v) is 3.45. The van der Waals surface area contributed by atoms with Crippen LogP contribution in [0.1, 0.15) is 12.0 Å². The normalized spacial score (nSPS) is 21.1. The Hall–Kier alpha value is -2.28. The van der Waals surface area contributed by atoms with Gasteiger partial charge in [0.2, 0.25) is 0 Å². The summed E-state index contributed by atoms with van der Waals surface area (Å²) >= 11 is 0. The minimum atomic E-state index is -1.11. The highest BCUT2D eigenvalue weighted by Gasteiger charge is 2.38. The first kappa shape index (κ1) is 15.1. The molecule has 1 aromatic carbocycles. The molecule has 21 heavy (non-hydrogen) atoms. The van der Waals surface area contributed by atoms with Crippen LogP contribution >= 0.6 is 0 Å². The molecule has 1 aliphatic heterocycles. The summed E-state index contributed by atoms with van der Waals surface area (Å²) in [6, 6.07) is 5.74. The quantitative estimate of drug-likeness (QED) is 0.747. The number of urea groups is 1. The van der Waals surface area contributed by atoms with Crippen molar-refractivity contribution < 1.29 is 24.5 Å². The van der Waals surface area contributed by atoms with Gasteiger partial charge in [0, 0.05) is 25.1 Å². The molecule has 0 aliphatic carbocycles. The van der Waals surface area contributed by atoms with E-state index in [4.69, 9.17) is 9.84 Å². The minimum Gasteiger partial charge on any atom is -0.496 e. The van der Waals surface area contributed by atoms with E-state index in [1.807, 2.05) is 18.2 Å². The number of likely N-dealkylation sites (tertiary alicyclic amines) is 1. The van der Waals surface area contributed by atoms with Crippen molar-refractivity contribution >= 4 is 12.0 Å². The summed E-state index contributed by atoms with van der Waals surface area (Å²) in [5.41, 5.74) is 0.792. The van der Waals surface area contributed by atoms with E-state index < -0.39 is 24.1 Å². The van der Waals surface area contributed by atoms with Crippen LogP contribution in [0.25, 0.3) is 0 Å². The van der Waals surface area contributed by atoms with E-state index in [2.05, 4.69) is 5.32 Å². The van der Waals surface area contributed by atoms with Crippen molar-refractivity contribution in [2.45, 2.75) is 25.1 Å². The number of para-hydroxylation sites is 1. The molecular weight excluding hydrogens is 276 g/mol. The van der Waals surface area contributed by atoms with Gasteiger partial charge in [0.05, 0.1) is 13.2 Å². The van der Waals surface area contributed by atoms with Gasteiger partial charge in [-0.1, -0.05) is 18.2 Å². The van der Waals surface area contributed by atoms with Gasteiger partial charge in [-0.2, -0.15) is 0 Å². The van der Waals surface area contributed by atoms with E-state index >= 15 is 0 Å². The maximum atomic E-state index is 12.1. The minimum absolute atomic E-state index is 0.0225. The summed E-state index contributed by atoms with van der Waals surface area (Å²) in [6.45, 7) is 0.247. The number of carboxylic acids is 1. The maximum Gasteiger partial charge on any atom is 0.326 e. The van der Waals surface area contributed by atoms with Crippen LogP contribution in [-0.4, -0.2) is 52.9 Å². The van der Waals surface area contributed by atoms with Crippen LogP contribution in [0.4, 0.5) is 4.79 Å². The second-order valence-corrected chi connectivity index (χ2v) is 4.87. The highest BCUT2D eigenvalue weighted by Crippen LogP contribution is 2.20. The van der Waals surface area contributed by atoms with Crippen molar-refractivity contribution in [2.24, 2.45) is 0 Å². The van der Waals surface area contributed by atoms with Crippen LogP contribution in [0.3, 0.4) is 0 Å². The predicted octanol–water partition coefficient (Wildman–Crippen LogP) is 0.425. The largest absolute Gasteiger partial charge is 0.496 e. The molecular formula is C14H18N2O5. The molecule has 1 saturated heterocycles. The molecule has 1 aromatic rings. The molecule has 0 unspecified atom stereocenters. The van der Waals surface area contributed by atoms with Crippen molar-refractivity contribution in [1.29, 1.82) is 0 Å². The van der Waals surface area contributed by atoms with Gasteiger partial charge in [0.1, 0.15) is 11.8 Å². The van der Waals surface area contributed by atoms with E-state index in [0.29, 0.717) is 5.75 Å². The van der Waals surface area contributed by atoms with E-state index in [1.165, 1.54) is 7.11 Å². The molecule has 1 aliphatic rings. The Bertz CT molecular complexity index is 534. The summed E-state index contributed by atoms with van der Waals surface area (Å²) in [5, 5.41) is 21.2. The number of carbonyl (C=O) groups excluding carboxylic acids is 1. The summed E-state index contributed by atoms with van der Waals surface area (Å²) < 4.78 is 5.18. The highest BCUT2D eigenvalue weighted by molar-refractivity contribution is 5.83. The number of rotatable bonds is 4. The number of aliphatic hydroxyl groups excluding tert-OH is 1. The number of amides is 2. The lowest BCUT2D eigenvalue weighted by Gasteiger charge is -2.21. The number of nitrogens with zero attached hydrogens (tertiary/aromatic N) is 1. The molecule has 0 saturated carbocycles. The van der Waals surface area contributed by atoms with E-state index in [9.17, 15) is 14.7 Å². The van der Waals surface area contributed by atoms with Gasteiger partial charge in [0.25, 0.3) is 0 Å². The molecule has 0 aromatic heterocycles. The van der Waals surface area contributed by atoms with Crippen LogP contribution < -0.4 is 10.1 Å². The number of nitrogens with one attached hydrogen (secondary N) is 1. The first-order chi connectivity index (χ1) is 10.0. The Morgan fingerprint density at radius 1 is 1.43 bits per heavy atom. The molecule has 0 spiro atoms. The molecule has 7 heteroatoms. The van der Waals surface area contributed by atoms with Crippen molar-refractivity contribution in [2.75, 3.05) is 13.7 Å². The van der Waals surface area contributed by atoms with Gasteiger partial charge in [-0.25, -0.2) is 9.59 Å². The molecule has 1 heterocycles. The molecule has 2 rings (SSSR count). The Kier molecular flexibility index (Phi) is 4.64. The summed E-state index contributed by atoms with van der Waals surface area (Å²) in [7, 11) is 1.54. The van der Waals surface area contributed by atoms with Gasteiger partial charge in [-0.15, -0.1) is 0 Å². The monoisotopic (exact) mass is 294 g/mol. The van der Waals surface area contributed by atoms with Gasteiger partial charge in [0.15, 0.2) is 0 Å². The summed E-state index contributed by atoms with van der Waals surface area (Å²) in [4.78, 5) is 24.3. The van der Waals surface area contributed by atoms with Crippen LogP contribution in [0.5, 0.6) is 5.75 Å². The molecule has 3 N–H and O–H groups in total. The fraction of sp³-hybridized carbons (Fsp3) is 0.429. The van der Waals surface area contributed by atoms with Crippen LogP contribution in [0, 0.1) is 0 Å². The van der Waals surface area contributed by atoms with Crippen molar-refractivity contribution in [3.05, 3.63) is 29.8 Å². The Morgan fingerprint density at radius 2 is 2.14 bits per heavy atom. The first-order valence-corrected chi connectivity index (χ1v) is 6.60. The van der Waals surface area contributed by atoms with E-state index in [0.717, 1.165) is 10.5 Å². The number of hydrogen-bond donors (Lipinski definition) is 3. The second-order valence-electron chi connectivity index (χ2n) is 4.87. The molecule has 0 bridgehead atoms. The zero-order chi connectivity index (χ0) is 15.4. The molecule has 2 atom stereocenters. The van der Waals surface area contributed by atoms with Crippen LogP contribution in [-0.2, 0) is 11.3 Å². The molecule has 2 amide bonds. The molecule has 1 fully saturated rings. The summed E-state index contributed by atoms with van der Waals surface area (Å²) in [5.74, 6) is -0.465. The lowest BCUT2D eigenvalue weighted by atomic mass is 10.2. The summed E-state index contributed by atoms with van der Waals surface area (Å²) in [6.07, 6.45) is -0.750. The molecule has 0 radical (unpaired) electrons. The SMILES string of the molecule is COc1ccccc1CNC(=O)N1C[C@H](O)C[C@@H]1C(=O)O. The third-order valence-electron chi connectivity index (χ3n) is 3.45.